The largest absolute Gasteiger partial charge is 0.379 e. The van der Waals surface area contributed by atoms with Crippen molar-refractivity contribution in [3.63, 3.8) is 0 Å². The Hall–Kier alpha value is -1.89. The number of nitrogens with one attached hydrogen (secondary N) is 1. The van der Waals surface area contributed by atoms with Crippen LogP contribution in [0.5, 0.6) is 0 Å². The van der Waals surface area contributed by atoms with Crippen LogP contribution in [0.4, 0.5) is 0 Å². The number of nitrogens with zero attached hydrogens (tertiary/aromatic N) is 1. The molecule has 1 N–H and O–H groups in total. The number of imide groups is 1. The van der Waals surface area contributed by atoms with E-state index in [0.29, 0.717) is 85.0 Å². The van der Waals surface area contributed by atoms with Crippen LogP contribution in [0, 0.1) is 5.92 Å². The lowest BCUT2D eigenvalue weighted by Gasteiger charge is -2.17. The standard InChI is InChI=1S/C24H42N2O9/c1-20(2)21(3)25-22(27)6-8-30-10-12-32-14-16-34-18-19-35-17-15-33-13-11-31-9-7-26-23(28)4-5-24(26)29/h4-5,20-21H,6-19H2,1-3H3,(H,25,27). The first-order valence-corrected chi connectivity index (χ1v) is 12.2. The van der Waals surface area contributed by atoms with Crippen LogP contribution in [0.25, 0.3) is 0 Å². The van der Waals surface area contributed by atoms with E-state index >= 15 is 0 Å². The van der Waals surface area contributed by atoms with Gasteiger partial charge in [-0.1, -0.05) is 13.8 Å². The van der Waals surface area contributed by atoms with Crippen molar-refractivity contribution in [2.75, 3.05) is 85.8 Å². The first-order chi connectivity index (χ1) is 16.9. The zero-order valence-electron chi connectivity index (χ0n) is 21.3. The van der Waals surface area contributed by atoms with Crippen molar-refractivity contribution in [2.45, 2.75) is 33.2 Å². The maximum Gasteiger partial charge on any atom is 0.253 e. The molecular weight excluding hydrogens is 460 g/mol. The summed E-state index contributed by atoms with van der Waals surface area (Å²) in [6, 6.07) is 0.161. The van der Waals surface area contributed by atoms with Gasteiger partial charge in [-0.3, -0.25) is 19.3 Å². The van der Waals surface area contributed by atoms with Crippen LogP contribution >= 0.6 is 0 Å². The maximum absolute atomic E-state index is 11.7. The molecule has 1 unspecified atom stereocenters. The van der Waals surface area contributed by atoms with E-state index in [-0.39, 0.29) is 36.9 Å². The number of carbonyl (C=O) groups is 3. The maximum atomic E-state index is 11.7. The molecular formula is C24H42N2O9. The van der Waals surface area contributed by atoms with E-state index in [0.717, 1.165) is 4.90 Å². The van der Waals surface area contributed by atoms with Gasteiger partial charge < -0.3 is 33.7 Å². The van der Waals surface area contributed by atoms with Crippen LogP contribution < -0.4 is 5.32 Å². The van der Waals surface area contributed by atoms with Crippen molar-refractivity contribution in [3.8, 4) is 0 Å². The zero-order valence-corrected chi connectivity index (χ0v) is 21.3. The summed E-state index contributed by atoms with van der Waals surface area (Å²) in [6.45, 7) is 11.5. The summed E-state index contributed by atoms with van der Waals surface area (Å²) in [7, 11) is 0. The van der Waals surface area contributed by atoms with Gasteiger partial charge in [0.1, 0.15) is 0 Å². The monoisotopic (exact) mass is 502 g/mol. The molecule has 1 heterocycles. The van der Waals surface area contributed by atoms with Crippen LogP contribution in [-0.4, -0.2) is 114 Å². The number of carbonyl (C=O) groups excluding carboxylic acids is 3. The molecule has 202 valence electrons. The minimum atomic E-state index is -0.306. The zero-order chi connectivity index (χ0) is 25.7. The van der Waals surface area contributed by atoms with Crippen molar-refractivity contribution in [2.24, 2.45) is 5.92 Å². The third kappa shape index (κ3) is 16.4. The molecule has 0 aromatic heterocycles. The van der Waals surface area contributed by atoms with Crippen molar-refractivity contribution < 1.29 is 42.8 Å². The summed E-state index contributed by atoms with van der Waals surface area (Å²) in [5, 5.41) is 2.94. The van der Waals surface area contributed by atoms with Gasteiger partial charge in [-0.2, -0.15) is 0 Å². The average Bonchev–Trinajstić information content (AvgIpc) is 3.14. The van der Waals surface area contributed by atoms with Crippen LogP contribution in [0.2, 0.25) is 0 Å². The predicted molar refractivity (Wildman–Crippen MR) is 128 cm³/mol. The van der Waals surface area contributed by atoms with Crippen molar-refractivity contribution in [1.82, 2.24) is 10.2 Å². The molecule has 1 rings (SSSR count). The molecule has 0 radical (unpaired) electrons. The molecule has 1 aliphatic heterocycles. The summed E-state index contributed by atoms with van der Waals surface area (Å²) in [4.78, 5) is 35.6. The van der Waals surface area contributed by atoms with Gasteiger partial charge in [-0.05, 0) is 12.8 Å². The van der Waals surface area contributed by atoms with E-state index in [4.69, 9.17) is 28.4 Å². The van der Waals surface area contributed by atoms with E-state index < -0.39 is 0 Å². The molecule has 0 spiro atoms. The normalized spacial score (nSPS) is 14.3. The Morgan fingerprint density at radius 1 is 0.686 bits per heavy atom. The van der Waals surface area contributed by atoms with E-state index in [1.807, 2.05) is 6.92 Å². The summed E-state index contributed by atoms with van der Waals surface area (Å²) in [5.41, 5.74) is 0. The fraction of sp³-hybridized carbons (Fsp3) is 0.792. The molecule has 0 fully saturated rings. The quantitative estimate of drug-likeness (QED) is 0.158. The van der Waals surface area contributed by atoms with Gasteiger partial charge in [-0.15, -0.1) is 0 Å². The van der Waals surface area contributed by atoms with Crippen LogP contribution in [0.3, 0.4) is 0 Å². The number of amides is 3. The molecule has 35 heavy (non-hydrogen) atoms. The minimum Gasteiger partial charge on any atom is -0.379 e. The van der Waals surface area contributed by atoms with Gasteiger partial charge in [0.2, 0.25) is 5.91 Å². The highest BCUT2D eigenvalue weighted by Crippen LogP contribution is 2.02. The van der Waals surface area contributed by atoms with Gasteiger partial charge in [-0.25, -0.2) is 0 Å². The molecule has 0 saturated carbocycles. The number of rotatable bonds is 23. The van der Waals surface area contributed by atoms with Gasteiger partial charge >= 0.3 is 0 Å². The number of hydrogen-bond acceptors (Lipinski definition) is 9. The smallest absolute Gasteiger partial charge is 0.253 e. The molecule has 1 atom stereocenters. The highest BCUT2D eigenvalue weighted by molar-refractivity contribution is 6.12. The number of hydrogen-bond donors (Lipinski definition) is 1. The van der Waals surface area contributed by atoms with Crippen LogP contribution in [-0.2, 0) is 42.8 Å². The Morgan fingerprint density at radius 3 is 1.46 bits per heavy atom. The fourth-order valence-electron chi connectivity index (χ4n) is 2.67. The Morgan fingerprint density at radius 2 is 1.06 bits per heavy atom. The van der Waals surface area contributed by atoms with Crippen molar-refractivity contribution in [1.29, 1.82) is 0 Å². The fourth-order valence-corrected chi connectivity index (χ4v) is 2.67. The third-order valence-corrected chi connectivity index (χ3v) is 5.08. The van der Waals surface area contributed by atoms with Gasteiger partial charge in [0, 0.05) is 24.6 Å². The molecule has 0 saturated heterocycles. The third-order valence-electron chi connectivity index (χ3n) is 5.08. The summed E-state index contributed by atoms with van der Waals surface area (Å²) in [6.07, 6.45) is 2.86. The lowest BCUT2D eigenvalue weighted by atomic mass is 10.1. The van der Waals surface area contributed by atoms with Crippen LogP contribution in [0.15, 0.2) is 12.2 Å². The lowest BCUT2D eigenvalue weighted by molar-refractivity contribution is -0.137. The molecule has 11 nitrogen and oxygen atoms in total. The lowest BCUT2D eigenvalue weighted by Crippen LogP contribution is -2.36. The van der Waals surface area contributed by atoms with Crippen molar-refractivity contribution >= 4 is 17.7 Å². The topological polar surface area (TPSA) is 122 Å². The Bertz CT molecular complexity index is 610. The second-order valence-corrected chi connectivity index (χ2v) is 8.19. The summed E-state index contributed by atoms with van der Waals surface area (Å²) < 4.78 is 32.4. The van der Waals surface area contributed by atoms with E-state index in [1.165, 1.54) is 12.2 Å². The average molecular weight is 503 g/mol. The van der Waals surface area contributed by atoms with E-state index in [9.17, 15) is 14.4 Å². The summed E-state index contributed by atoms with van der Waals surface area (Å²) in [5.74, 6) is -0.200. The first kappa shape index (κ1) is 31.1. The van der Waals surface area contributed by atoms with E-state index in [2.05, 4.69) is 19.2 Å². The number of ether oxygens (including phenoxy) is 6. The van der Waals surface area contributed by atoms with Gasteiger partial charge in [0.25, 0.3) is 11.8 Å². The second-order valence-electron chi connectivity index (χ2n) is 8.19. The minimum absolute atomic E-state index is 0.00374. The molecule has 0 bridgehead atoms. The predicted octanol–water partition coefficient (Wildman–Crippen LogP) is 0.562. The molecule has 1 aliphatic rings. The first-order valence-electron chi connectivity index (χ1n) is 12.2. The SMILES string of the molecule is CC(C)C(C)NC(=O)CCOCCOCCOCCOCCOCCOCCN1C(=O)C=CC1=O. The Balaban J connectivity index is 1.72. The van der Waals surface area contributed by atoms with E-state index in [1.54, 1.807) is 0 Å². The highest BCUT2D eigenvalue weighted by atomic mass is 16.6. The highest BCUT2D eigenvalue weighted by Gasteiger charge is 2.22. The summed E-state index contributed by atoms with van der Waals surface area (Å²) >= 11 is 0. The molecule has 11 heteroatoms. The molecule has 0 aliphatic carbocycles. The Kier molecular flexibility index (Phi) is 18.1. The van der Waals surface area contributed by atoms with Crippen molar-refractivity contribution in [3.05, 3.63) is 12.2 Å². The van der Waals surface area contributed by atoms with Gasteiger partial charge in [0.15, 0.2) is 0 Å². The molecule has 0 aromatic carbocycles. The second kappa shape index (κ2) is 20.3. The molecule has 3 amide bonds. The van der Waals surface area contributed by atoms with Gasteiger partial charge in [0.05, 0.1) is 85.8 Å². The Labute approximate surface area is 208 Å². The van der Waals surface area contributed by atoms with Crippen LogP contribution in [0.1, 0.15) is 27.2 Å². The molecule has 0 aromatic rings.